The van der Waals surface area contributed by atoms with Crippen LogP contribution < -0.4 is 15.2 Å². The zero-order chi connectivity index (χ0) is 12.3. The summed E-state index contributed by atoms with van der Waals surface area (Å²) in [5.74, 6) is -1.76. The van der Waals surface area contributed by atoms with Gasteiger partial charge in [0.05, 0.1) is 27.0 Å². The summed E-state index contributed by atoms with van der Waals surface area (Å²) in [6, 6.07) is 1.20. The Morgan fingerprint density at radius 1 is 1.31 bits per heavy atom. The molecule has 0 unspecified atom stereocenters. The Labute approximate surface area is 91.9 Å². The number of ether oxygens (including phenoxy) is 3. The minimum Gasteiger partial charge on any atom is -0.496 e. The van der Waals surface area contributed by atoms with E-state index in [0.717, 1.165) is 0 Å². The van der Waals surface area contributed by atoms with Gasteiger partial charge < -0.3 is 19.9 Å². The van der Waals surface area contributed by atoms with Gasteiger partial charge in [-0.3, -0.25) is 0 Å². The highest BCUT2D eigenvalue weighted by Crippen LogP contribution is 2.35. The molecule has 0 saturated carbocycles. The van der Waals surface area contributed by atoms with Crippen LogP contribution in [-0.2, 0) is 4.74 Å². The molecular formula is C10H12FNO4. The van der Waals surface area contributed by atoms with Crippen LogP contribution in [0.4, 0.5) is 10.1 Å². The van der Waals surface area contributed by atoms with Gasteiger partial charge in [-0.15, -0.1) is 0 Å². The lowest BCUT2D eigenvalue weighted by Gasteiger charge is -2.13. The molecule has 6 heteroatoms. The number of carbonyl (C=O) groups excluding carboxylic acids is 1. The maximum Gasteiger partial charge on any atom is 0.345 e. The molecular weight excluding hydrogens is 217 g/mol. The second-order valence-corrected chi connectivity index (χ2v) is 2.88. The van der Waals surface area contributed by atoms with Crippen molar-refractivity contribution in [3.63, 3.8) is 0 Å². The molecule has 0 aliphatic heterocycles. The quantitative estimate of drug-likeness (QED) is 0.623. The van der Waals surface area contributed by atoms with Crippen LogP contribution >= 0.6 is 0 Å². The number of esters is 1. The Morgan fingerprint density at radius 3 is 2.38 bits per heavy atom. The number of hydrogen-bond acceptors (Lipinski definition) is 5. The fourth-order valence-electron chi connectivity index (χ4n) is 1.28. The fraction of sp³-hybridized carbons (Fsp3) is 0.300. The third kappa shape index (κ3) is 1.86. The largest absolute Gasteiger partial charge is 0.496 e. The van der Waals surface area contributed by atoms with Crippen molar-refractivity contribution >= 4 is 11.7 Å². The van der Waals surface area contributed by atoms with Gasteiger partial charge in [-0.25, -0.2) is 9.18 Å². The van der Waals surface area contributed by atoms with E-state index in [-0.39, 0.29) is 22.7 Å². The van der Waals surface area contributed by atoms with E-state index in [1.54, 1.807) is 0 Å². The second kappa shape index (κ2) is 4.69. The molecule has 1 aromatic carbocycles. The Morgan fingerprint density at radius 2 is 1.94 bits per heavy atom. The number of hydrogen-bond donors (Lipinski definition) is 1. The highest BCUT2D eigenvalue weighted by atomic mass is 19.1. The SMILES string of the molecule is COC(=O)c1c(OC)cc(N)c(F)c1OC. The molecule has 0 amide bonds. The molecule has 0 aliphatic carbocycles. The number of carbonyl (C=O) groups is 1. The van der Waals surface area contributed by atoms with Crippen LogP contribution in [-0.4, -0.2) is 27.3 Å². The second-order valence-electron chi connectivity index (χ2n) is 2.88. The zero-order valence-electron chi connectivity index (χ0n) is 9.17. The Balaban J connectivity index is 3.53. The molecule has 0 radical (unpaired) electrons. The van der Waals surface area contributed by atoms with E-state index in [1.807, 2.05) is 0 Å². The number of anilines is 1. The standard InChI is InChI=1S/C10H12FNO4/c1-14-6-4-5(12)8(11)9(15-2)7(6)10(13)16-3/h4H,12H2,1-3H3. The first-order valence-electron chi connectivity index (χ1n) is 4.35. The molecule has 0 aromatic heterocycles. The van der Waals surface area contributed by atoms with E-state index in [9.17, 15) is 9.18 Å². The lowest BCUT2D eigenvalue weighted by atomic mass is 10.1. The Bertz CT molecular complexity index is 420. The summed E-state index contributed by atoms with van der Waals surface area (Å²) in [6.45, 7) is 0. The van der Waals surface area contributed by atoms with E-state index < -0.39 is 11.8 Å². The molecule has 1 rings (SSSR count). The van der Waals surface area contributed by atoms with Crippen molar-refractivity contribution < 1.29 is 23.4 Å². The van der Waals surface area contributed by atoms with Crippen molar-refractivity contribution in [1.82, 2.24) is 0 Å². The van der Waals surface area contributed by atoms with Crippen molar-refractivity contribution in [1.29, 1.82) is 0 Å². The monoisotopic (exact) mass is 229 g/mol. The van der Waals surface area contributed by atoms with Gasteiger partial charge in [0, 0.05) is 6.07 Å². The van der Waals surface area contributed by atoms with Crippen LogP contribution in [0.5, 0.6) is 11.5 Å². The molecule has 5 nitrogen and oxygen atoms in total. The van der Waals surface area contributed by atoms with Crippen LogP contribution in [0, 0.1) is 5.82 Å². The molecule has 0 bridgehead atoms. The molecule has 2 N–H and O–H groups in total. The molecule has 0 fully saturated rings. The topological polar surface area (TPSA) is 70.8 Å². The van der Waals surface area contributed by atoms with Gasteiger partial charge in [0.25, 0.3) is 0 Å². The third-order valence-corrected chi connectivity index (χ3v) is 2.03. The van der Waals surface area contributed by atoms with Crippen molar-refractivity contribution in [2.75, 3.05) is 27.1 Å². The fourth-order valence-corrected chi connectivity index (χ4v) is 1.28. The van der Waals surface area contributed by atoms with Crippen molar-refractivity contribution in [3.8, 4) is 11.5 Å². The normalized spacial score (nSPS) is 9.75. The average Bonchev–Trinajstić information content (AvgIpc) is 2.30. The number of halogens is 1. The Hall–Kier alpha value is -1.98. The molecule has 1 aromatic rings. The molecule has 88 valence electrons. The van der Waals surface area contributed by atoms with Gasteiger partial charge in [-0.05, 0) is 0 Å². The predicted molar refractivity (Wildman–Crippen MR) is 55.3 cm³/mol. The summed E-state index contributed by atoms with van der Waals surface area (Å²) in [4.78, 5) is 11.4. The molecule has 0 atom stereocenters. The summed E-state index contributed by atoms with van der Waals surface area (Å²) in [5.41, 5.74) is 5.10. The first-order chi connectivity index (χ1) is 7.56. The summed E-state index contributed by atoms with van der Waals surface area (Å²) < 4.78 is 27.8. The van der Waals surface area contributed by atoms with Crippen LogP contribution in [0.15, 0.2) is 6.07 Å². The van der Waals surface area contributed by atoms with Crippen LogP contribution in [0.1, 0.15) is 10.4 Å². The number of nitrogen functional groups attached to an aromatic ring is 1. The van der Waals surface area contributed by atoms with Gasteiger partial charge in [0.15, 0.2) is 11.6 Å². The number of methoxy groups -OCH3 is 3. The van der Waals surface area contributed by atoms with E-state index >= 15 is 0 Å². The summed E-state index contributed by atoms with van der Waals surface area (Å²) >= 11 is 0. The summed E-state index contributed by atoms with van der Waals surface area (Å²) in [7, 11) is 3.73. The number of nitrogens with two attached hydrogens (primary N) is 1. The number of benzene rings is 1. The first-order valence-corrected chi connectivity index (χ1v) is 4.35. The lowest BCUT2D eigenvalue weighted by Crippen LogP contribution is -2.09. The number of rotatable bonds is 3. The van der Waals surface area contributed by atoms with Crippen LogP contribution in [0.3, 0.4) is 0 Å². The van der Waals surface area contributed by atoms with Gasteiger partial charge in [-0.2, -0.15) is 0 Å². The molecule has 0 saturated heterocycles. The zero-order valence-corrected chi connectivity index (χ0v) is 9.17. The van der Waals surface area contributed by atoms with Gasteiger partial charge in [0.1, 0.15) is 11.3 Å². The smallest absolute Gasteiger partial charge is 0.345 e. The maximum atomic E-state index is 13.6. The van der Waals surface area contributed by atoms with Gasteiger partial charge in [-0.1, -0.05) is 0 Å². The van der Waals surface area contributed by atoms with E-state index in [4.69, 9.17) is 15.2 Å². The predicted octanol–water partition coefficient (Wildman–Crippen LogP) is 1.21. The molecule has 16 heavy (non-hydrogen) atoms. The van der Waals surface area contributed by atoms with Crippen molar-refractivity contribution in [2.45, 2.75) is 0 Å². The average molecular weight is 229 g/mol. The molecule has 0 spiro atoms. The summed E-state index contributed by atoms with van der Waals surface area (Å²) in [5, 5.41) is 0. The van der Waals surface area contributed by atoms with Crippen molar-refractivity contribution in [2.24, 2.45) is 0 Å². The lowest BCUT2D eigenvalue weighted by molar-refractivity contribution is 0.0592. The minimum absolute atomic E-state index is 0.0996. The maximum absolute atomic E-state index is 13.6. The third-order valence-electron chi connectivity index (χ3n) is 2.03. The van der Waals surface area contributed by atoms with E-state index in [0.29, 0.717) is 0 Å². The molecule has 0 heterocycles. The minimum atomic E-state index is -0.816. The van der Waals surface area contributed by atoms with Gasteiger partial charge >= 0.3 is 5.97 Å². The van der Waals surface area contributed by atoms with E-state index in [1.165, 1.54) is 27.4 Å². The van der Waals surface area contributed by atoms with Crippen LogP contribution in [0.25, 0.3) is 0 Å². The Kier molecular flexibility index (Phi) is 3.55. The first kappa shape index (κ1) is 12.1. The summed E-state index contributed by atoms with van der Waals surface area (Å²) in [6.07, 6.45) is 0. The van der Waals surface area contributed by atoms with Crippen LogP contribution in [0.2, 0.25) is 0 Å². The highest BCUT2D eigenvalue weighted by molar-refractivity contribution is 5.96. The van der Waals surface area contributed by atoms with E-state index in [2.05, 4.69) is 4.74 Å². The highest BCUT2D eigenvalue weighted by Gasteiger charge is 2.24. The van der Waals surface area contributed by atoms with Gasteiger partial charge in [0.2, 0.25) is 0 Å². The van der Waals surface area contributed by atoms with Crippen molar-refractivity contribution in [3.05, 3.63) is 17.4 Å². The molecule has 0 aliphatic rings.